The Bertz CT molecular complexity index is 935. The van der Waals surface area contributed by atoms with E-state index in [4.69, 9.17) is 10.00 Å². The van der Waals surface area contributed by atoms with Crippen molar-refractivity contribution in [2.75, 3.05) is 0 Å². The second kappa shape index (κ2) is 5.15. The molecular weight excluding hydrogens is 332 g/mol. The molecule has 0 saturated carbocycles. The molecule has 2 aromatic heterocycles. The van der Waals surface area contributed by atoms with Gasteiger partial charge >= 0.3 is 5.97 Å². The molecule has 122 valence electrons. The van der Waals surface area contributed by atoms with Crippen LogP contribution < -0.4 is 4.74 Å². The van der Waals surface area contributed by atoms with Crippen LogP contribution in [0, 0.1) is 17.2 Å². The first-order chi connectivity index (χ1) is 11.5. The molecule has 0 aliphatic carbocycles. The van der Waals surface area contributed by atoms with Crippen LogP contribution in [0.1, 0.15) is 19.0 Å². The minimum atomic E-state index is -0.738. The van der Waals surface area contributed by atoms with Gasteiger partial charge in [0.15, 0.2) is 5.69 Å². The second-order valence-corrected chi connectivity index (χ2v) is 6.72. The van der Waals surface area contributed by atoms with Crippen LogP contribution in [0.3, 0.4) is 0 Å². The molecule has 0 aromatic carbocycles. The standard InChI is InChI=1S/C15H12N4O4S/c1-7(20)12-9-2-3-10(19(9)13(12)21)15(22)23-11-5-18-6-17-8(4-16)14(18)24-11/h3,5-7,9,12,20H,2H2,1H3/t7-,9-,12?/m1/s1. The fourth-order valence-electron chi connectivity index (χ4n) is 3.20. The molecule has 4 heterocycles. The van der Waals surface area contributed by atoms with E-state index in [1.54, 1.807) is 23.6 Å². The number of nitrogens with zero attached hydrogens (tertiary/aromatic N) is 4. The summed E-state index contributed by atoms with van der Waals surface area (Å²) >= 11 is 1.13. The van der Waals surface area contributed by atoms with Crippen molar-refractivity contribution in [3.8, 4) is 11.1 Å². The first-order valence-electron chi connectivity index (χ1n) is 7.31. The fraction of sp³-hybridized carbons (Fsp3) is 0.333. The lowest BCUT2D eigenvalue weighted by atomic mass is 9.83. The van der Waals surface area contributed by atoms with Gasteiger partial charge in [-0.2, -0.15) is 5.26 Å². The van der Waals surface area contributed by atoms with Gasteiger partial charge in [-0.15, -0.1) is 0 Å². The molecule has 0 radical (unpaired) electrons. The summed E-state index contributed by atoms with van der Waals surface area (Å²) in [7, 11) is 0. The maximum atomic E-state index is 12.3. The Hall–Kier alpha value is -2.70. The number of carbonyl (C=O) groups is 2. The number of carbonyl (C=O) groups excluding carboxylic acids is 2. The molecule has 8 nitrogen and oxygen atoms in total. The minimum absolute atomic E-state index is 0.173. The number of imidazole rings is 1. The number of ether oxygens (including phenoxy) is 1. The van der Waals surface area contributed by atoms with E-state index in [2.05, 4.69) is 4.98 Å². The number of esters is 1. The largest absolute Gasteiger partial charge is 0.409 e. The van der Waals surface area contributed by atoms with Gasteiger partial charge in [0.2, 0.25) is 11.0 Å². The van der Waals surface area contributed by atoms with Crippen molar-refractivity contribution in [3.63, 3.8) is 0 Å². The van der Waals surface area contributed by atoms with Crippen LogP contribution in [0.25, 0.3) is 4.83 Å². The molecule has 1 saturated heterocycles. The molecule has 1 unspecified atom stereocenters. The first-order valence-corrected chi connectivity index (χ1v) is 8.13. The first kappa shape index (κ1) is 14.9. The topological polar surface area (TPSA) is 108 Å². The summed E-state index contributed by atoms with van der Waals surface area (Å²) in [4.78, 5) is 30.4. The molecule has 2 aromatic rings. The Morgan fingerprint density at radius 1 is 1.62 bits per heavy atom. The Kier molecular flexibility index (Phi) is 3.19. The number of aromatic nitrogens is 2. The number of thiazole rings is 1. The van der Waals surface area contributed by atoms with Crippen molar-refractivity contribution in [2.45, 2.75) is 25.5 Å². The van der Waals surface area contributed by atoms with Gasteiger partial charge in [0.05, 0.1) is 24.3 Å². The van der Waals surface area contributed by atoms with Crippen molar-refractivity contribution >= 4 is 28.0 Å². The SMILES string of the molecule is C[C@@H](O)C1C(=O)N2C(C(=O)Oc3cn4cnc(C#N)c4s3)=CC[C@H]12. The van der Waals surface area contributed by atoms with Crippen molar-refractivity contribution in [1.82, 2.24) is 14.3 Å². The number of rotatable bonds is 3. The van der Waals surface area contributed by atoms with E-state index in [0.29, 0.717) is 16.3 Å². The second-order valence-electron chi connectivity index (χ2n) is 5.72. The molecule has 1 fully saturated rings. The van der Waals surface area contributed by atoms with Gasteiger partial charge in [-0.3, -0.25) is 9.20 Å². The lowest BCUT2D eigenvalue weighted by molar-refractivity contribution is -0.160. The summed E-state index contributed by atoms with van der Waals surface area (Å²) in [5.74, 6) is -1.34. The summed E-state index contributed by atoms with van der Waals surface area (Å²) < 4.78 is 6.94. The zero-order valence-corrected chi connectivity index (χ0v) is 13.4. The van der Waals surface area contributed by atoms with E-state index < -0.39 is 18.0 Å². The van der Waals surface area contributed by atoms with E-state index >= 15 is 0 Å². The summed E-state index contributed by atoms with van der Waals surface area (Å²) in [6.07, 6.45) is 4.49. The summed E-state index contributed by atoms with van der Waals surface area (Å²) in [6, 6.07) is 1.79. The average molecular weight is 344 g/mol. The van der Waals surface area contributed by atoms with Crippen molar-refractivity contribution in [2.24, 2.45) is 5.92 Å². The predicted molar refractivity (Wildman–Crippen MR) is 81.9 cm³/mol. The fourth-order valence-corrected chi connectivity index (χ4v) is 4.08. The van der Waals surface area contributed by atoms with Crippen molar-refractivity contribution in [3.05, 3.63) is 30.0 Å². The van der Waals surface area contributed by atoms with E-state index in [1.165, 1.54) is 11.2 Å². The van der Waals surface area contributed by atoms with E-state index in [-0.39, 0.29) is 23.3 Å². The van der Waals surface area contributed by atoms with E-state index in [1.807, 2.05) is 6.07 Å². The lowest BCUT2D eigenvalue weighted by Crippen LogP contribution is -2.62. The van der Waals surface area contributed by atoms with Gasteiger partial charge in [-0.1, -0.05) is 17.4 Å². The number of nitriles is 1. The van der Waals surface area contributed by atoms with Crippen LogP contribution in [0.15, 0.2) is 24.3 Å². The van der Waals surface area contributed by atoms with Gasteiger partial charge in [0.1, 0.15) is 22.9 Å². The molecule has 3 atom stereocenters. The van der Waals surface area contributed by atoms with Crippen LogP contribution in [-0.2, 0) is 9.59 Å². The summed E-state index contributed by atoms with van der Waals surface area (Å²) in [5.41, 5.74) is 0.471. The molecule has 24 heavy (non-hydrogen) atoms. The van der Waals surface area contributed by atoms with Crippen LogP contribution in [0.4, 0.5) is 0 Å². The van der Waals surface area contributed by atoms with Gasteiger partial charge in [0, 0.05) is 0 Å². The third kappa shape index (κ3) is 1.97. The van der Waals surface area contributed by atoms with E-state index in [9.17, 15) is 14.7 Å². The molecule has 2 aliphatic rings. The van der Waals surface area contributed by atoms with Crippen molar-refractivity contribution < 1.29 is 19.4 Å². The maximum Gasteiger partial charge on any atom is 0.360 e. The third-order valence-electron chi connectivity index (χ3n) is 4.30. The third-order valence-corrected chi connectivity index (χ3v) is 5.29. The zero-order valence-electron chi connectivity index (χ0n) is 12.5. The van der Waals surface area contributed by atoms with Crippen LogP contribution >= 0.6 is 11.3 Å². The Labute approximate surface area is 140 Å². The van der Waals surface area contributed by atoms with Crippen molar-refractivity contribution in [1.29, 1.82) is 5.26 Å². The minimum Gasteiger partial charge on any atom is -0.409 e. The molecule has 9 heteroatoms. The Balaban J connectivity index is 1.52. The number of aliphatic hydroxyl groups is 1. The zero-order chi connectivity index (χ0) is 17.0. The van der Waals surface area contributed by atoms with Gasteiger partial charge in [-0.05, 0) is 13.3 Å². The molecule has 1 N–H and O–H groups in total. The molecule has 2 aliphatic heterocycles. The highest BCUT2D eigenvalue weighted by Crippen LogP contribution is 2.40. The monoisotopic (exact) mass is 344 g/mol. The predicted octanol–water partition coefficient (Wildman–Crippen LogP) is 0.668. The van der Waals surface area contributed by atoms with Crippen LogP contribution in [-0.4, -0.2) is 43.4 Å². The Morgan fingerprint density at radius 2 is 2.42 bits per heavy atom. The number of fused-ring (bicyclic) bond motifs is 2. The average Bonchev–Trinajstić information content (AvgIpc) is 3.18. The van der Waals surface area contributed by atoms with Gasteiger partial charge in [0.25, 0.3) is 0 Å². The normalized spacial score (nSPS) is 23.5. The number of β-lactam (4-membered cyclic amide) rings is 1. The summed E-state index contributed by atoms with van der Waals surface area (Å²) in [6.45, 7) is 1.57. The highest BCUT2D eigenvalue weighted by Gasteiger charge is 2.54. The number of hydrogen-bond donors (Lipinski definition) is 1. The van der Waals surface area contributed by atoms with E-state index in [0.717, 1.165) is 11.3 Å². The van der Waals surface area contributed by atoms with Crippen LogP contribution in [0.2, 0.25) is 0 Å². The smallest absolute Gasteiger partial charge is 0.360 e. The number of aliphatic hydroxyl groups excluding tert-OH is 1. The highest BCUT2D eigenvalue weighted by molar-refractivity contribution is 7.19. The molecule has 0 spiro atoms. The lowest BCUT2D eigenvalue weighted by Gasteiger charge is -2.44. The summed E-state index contributed by atoms with van der Waals surface area (Å²) in [5, 5.41) is 18.9. The maximum absolute atomic E-state index is 12.3. The van der Waals surface area contributed by atoms with Gasteiger partial charge < -0.3 is 14.7 Å². The molecule has 0 bridgehead atoms. The Morgan fingerprint density at radius 3 is 3.12 bits per heavy atom. The molecule has 4 rings (SSSR count). The van der Waals surface area contributed by atoms with Crippen LogP contribution in [0.5, 0.6) is 5.06 Å². The highest BCUT2D eigenvalue weighted by atomic mass is 32.1. The molecule has 1 amide bonds. The quantitative estimate of drug-likeness (QED) is 0.647. The number of hydrogen-bond acceptors (Lipinski definition) is 7. The molecular formula is C15H12N4O4S. The number of amides is 1. The van der Waals surface area contributed by atoms with Gasteiger partial charge in [-0.25, -0.2) is 9.78 Å².